The number of hydrogen-bond acceptors (Lipinski definition) is 1. The molecule has 0 aliphatic rings. The summed E-state index contributed by atoms with van der Waals surface area (Å²) in [5, 5.41) is 3.12. The molecule has 0 spiro atoms. The van der Waals surface area contributed by atoms with Crippen LogP contribution in [0.3, 0.4) is 0 Å². The average Bonchev–Trinajstić information content (AvgIpc) is 1.94. The van der Waals surface area contributed by atoms with Crippen LogP contribution in [0.5, 0.6) is 0 Å². The third-order valence-electron chi connectivity index (χ3n) is 1.63. The van der Waals surface area contributed by atoms with Gasteiger partial charge in [0, 0.05) is 6.54 Å². The summed E-state index contributed by atoms with van der Waals surface area (Å²) < 4.78 is 0. The molecule has 0 radical (unpaired) electrons. The highest BCUT2D eigenvalue weighted by molar-refractivity contribution is 5.25. The van der Waals surface area contributed by atoms with Crippen molar-refractivity contribution >= 4 is 0 Å². The predicted molar refractivity (Wildman–Crippen MR) is 43.9 cm³/mol. The lowest BCUT2D eigenvalue weighted by Gasteiger charge is -2.02. The first-order valence-corrected chi connectivity index (χ1v) is 3.53. The highest BCUT2D eigenvalue weighted by Gasteiger charge is 1.91. The predicted octanol–water partition coefficient (Wildman–Crippen LogP) is -1.28. The van der Waals surface area contributed by atoms with E-state index < -0.39 is 0 Å². The van der Waals surface area contributed by atoms with E-state index in [-0.39, 0.29) is 12.4 Å². The molecule has 0 bridgehead atoms. The largest absolute Gasteiger partial charge is 1.00 e. The normalized spacial score (nSPS) is 8.91. The zero-order valence-corrected chi connectivity index (χ0v) is 7.65. The van der Waals surface area contributed by atoms with E-state index in [0.717, 1.165) is 6.54 Å². The molecule has 2 heteroatoms. The van der Waals surface area contributed by atoms with Gasteiger partial charge in [0.1, 0.15) is 0 Å². The van der Waals surface area contributed by atoms with Crippen molar-refractivity contribution in [1.82, 2.24) is 5.32 Å². The summed E-state index contributed by atoms with van der Waals surface area (Å²) >= 11 is 0. The smallest absolute Gasteiger partial charge is 0.0205 e. The minimum absolute atomic E-state index is 0. The van der Waals surface area contributed by atoms with Crippen LogP contribution in [0.1, 0.15) is 11.1 Å². The molecule has 0 unspecified atom stereocenters. The van der Waals surface area contributed by atoms with Crippen LogP contribution in [0.15, 0.2) is 24.3 Å². The fourth-order valence-corrected chi connectivity index (χ4v) is 0.999. The molecule has 1 aromatic rings. The Hall–Kier alpha value is -0.530. The van der Waals surface area contributed by atoms with Crippen molar-refractivity contribution in [1.29, 1.82) is 0 Å². The number of halogens is 1. The quantitative estimate of drug-likeness (QED) is 0.583. The maximum Gasteiger partial charge on any atom is 0.0205 e. The molecule has 0 heterocycles. The Kier molecular flexibility index (Phi) is 4.92. The lowest BCUT2D eigenvalue weighted by Crippen LogP contribution is -3.00. The molecular formula is C9H13ClN-. The van der Waals surface area contributed by atoms with Crippen molar-refractivity contribution in [3.05, 3.63) is 35.4 Å². The molecule has 0 fully saturated rings. The molecule has 0 aliphatic heterocycles. The zero-order valence-electron chi connectivity index (χ0n) is 6.89. The van der Waals surface area contributed by atoms with Gasteiger partial charge in [0.15, 0.2) is 0 Å². The molecule has 0 aromatic heterocycles. The SMILES string of the molecule is CNCc1ccccc1C.[Cl-]. The second-order valence-corrected chi connectivity index (χ2v) is 2.46. The van der Waals surface area contributed by atoms with Gasteiger partial charge in [0.05, 0.1) is 0 Å². The topological polar surface area (TPSA) is 12.0 Å². The minimum atomic E-state index is 0. The maximum absolute atomic E-state index is 3.12. The van der Waals surface area contributed by atoms with E-state index in [0.29, 0.717) is 0 Å². The summed E-state index contributed by atoms with van der Waals surface area (Å²) in [7, 11) is 1.96. The van der Waals surface area contributed by atoms with Gasteiger partial charge in [0.25, 0.3) is 0 Å². The van der Waals surface area contributed by atoms with Gasteiger partial charge in [0.2, 0.25) is 0 Å². The molecule has 11 heavy (non-hydrogen) atoms. The Bertz CT molecular complexity index is 210. The number of hydrogen-bond donors (Lipinski definition) is 1. The van der Waals surface area contributed by atoms with E-state index >= 15 is 0 Å². The van der Waals surface area contributed by atoms with Gasteiger partial charge >= 0.3 is 0 Å². The average molecular weight is 171 g/mol. The molecule has 1 nitrogen and oxygen atoms in total. The molecule has 0 saturated carbocycles. The Labute approximate surface area is 74.2 Å². The molecule has 62 valence electrons. The summed E-state index contributed by atoms with van der Waals surface area (Å²) in [6.07, 6.45) is 0. The number of nitrogens with one attached hydrogen (secondary N) is 1. The van der Waals surface area contributed by atoms with Crippen molar-refractivity contribution in [3.8, 4) is 0 Å². The molecule has 1 rings (SSSR count). The van der Waals surface area contributed by atoms with Crippen molar-refractivity contribution in [3.63, 3.8) is 0 Å². The minimum Gasteiger partial charge on any atom is -1.00 e. The Morgan fingerprint density at radius 2 is 1.91 bits per heavy atom. The van der Waals surface area contributed by atoms with Crippen molar-refractivity contribution < 1.29 is 12.4 Å². The number of aryl methyl sites for hydroxylation is 1. The molecule has 0 amide bonds. The van der Waals surface area contributed by atoms with Crippen LogP contribution in [0, 0.1) is 6.92 Å². The highest BCUT2D eigenvalue weighted by atomic mass is 35.5. The third-order valence-corrected chi connectivity index (χ3v) is 1.63. The lowest BCUT2D eigenvalue weighted by atomic mass is 10.1. The second kappa shape index (κ2) is 5.16. The standard InChI is InChI=1S/C9H13N.ClH/c1-8-5-3-4-6-9(8)7-10-2;/h3-6,10H,7H2,1-2H3;1H/p-1. The molecule has 0 aliphatic carbocycles. The fraction of sp³-hybridized carbons (Fsp3) is 0.333. The van der Waals surface area contributed by atoms with Crippen LogP contribution in [-0.4, -0.2) is 7.05 Å². The van der Waals surface area contributed by atoms with Crippen LogP contribution in [0.2, 0.25) is 0 Å². The Morgan fingerprint density at radius 1 is 1.27 bits per heavy atom. The van der Waals surface area contributed by atoms with E-state index in [4.69, 9.17) is 0 Å². The van der Waals surface area contributed by atoms with Crippen LogP contribution in [-0.2, 0) is 6.54 Å². The first-order valence-electron chi connectivity index (χ1n) is 3.53. The fourth-order valence-electron chi connectivity index (χ4n) is 0.999. The summed E-state index contributed by atoms with van der Waals surface area (Å²) in [6.45, 7) is 3.10. The molecular weight excluding hydrogens is 158 g/mol. The summed E-state index contributed by atoms with van der Waals surface area (Å²) in [5.41, 5.74) is 2.74. The Morgan fingerprint density at radius 3 is 2.45 bits per heavy atom. The van der Waals surface area contributed by atoms with Gasteiger partial charge in [-0.3, -0.25) is 0 Å². The molecule has 0 atom stereocenters. The van der Waals surface area contributed by atoms with Crippen LogP contribution >= 0.6 is 0 Å². The van der Waals surface area contributed by atoms with E-state index in [2.05, 4.69) is 36.5 Å². The van der Waals surface area contributed by atoms with Crippen molar-refractivity contribution in [2.24, 2.45) is 0 Å². The summed E-state index contributed by atoms with van der Waals surface area (Å²) in [5.74, 6) is 0. The molecule has 0 saturated heterocycles. The number of rotatable bonds is 2. The van der Waals surface area contributed by atoms with Crippen LogP contribution < -0.4 is 17.7 Å². The van der Waals surface area contributed by atoms with Crippen LogP contribution in [0.25, 0.3) is 0 Å². The van der Waals surface area contributed by atoms with Gasteiger partial charge in [-0.05, 0) is 25.1 Å². The third kappa shape index (κ3) is 2.91. The van der Waals surface area contributed by atoms with E-state index in [1.54, 1.807) is 0 Å². The van der Waals surface area contributed by atoms with E-state index in [1.807, 2.05) is 7.05 Å². The van der Waals surface area contributed by atoms with Gasteiger partial charge in [-0.2, -0.15) is 0 Å². The Balaban J connectivity index is 0.000001000. The number of benzene rings is 1. The van der Waals surface area contributed by atoms with Crippen molar-refractivity contribution in [2.75, 3.05) is 7.05 Å². The first-order chi connectivity index (χ1) is 4.84. The molecule has 1 aromatic carbocycles. The van der Waals surface area contributed by atoms with E-state index in [1.165, 1.54) is 11.1 Å². The van der Waals surface area contributed by atoms with Gasteiger partial charge in [-0.1, -0.05) is 24.3 Å². The van der Waals surface area contributed by atoms with Gasteiger partial charge < -0.3 is 17.7 Å². The highest BCUT2D eigenvalue weighted by Crippen LogP contribution is 2.05. The van der Waals surface area contributed by atoms with Crippen molar-refractivity contribution in [2.45, 2.75) is 13.5 Å². The second-order valence-electron chi connectivity index (χ2n) is 2.46. The summed E-state index contributed by atoms with van der Waals surface area (Å²) in [4.78, 5) is 0. The lowest BCUT2D eigenvalue weighted by molar-refractivity contribution is -0.00000219. The first kappa shape index (κ1) is 10.5. The molecule has 1 N–H and O–H groups in total. The monoisotopic (exact) mass is 170 g/mol. The van der Waals surface area contributed by atoms with E-state index in [9.17, 15) is 0 Å². The summed E-state index contributed by atoms with van der Waals surface area (Å²) in [6, 6.07) is 8.41. The maximum atomic E-state index is 3.12. The van der Waals surface area contributed by atoms with Crippen LogP contribution in [0.4, 0.5) is 0 Å². The zero-order chi connectivity index (χ0) is 7.40. The van der Waals surface area contributed by atoms with Gasteiger partial charge in [-0.15, -0.1) is 0 Å². The van der Waals surface area contributed by atoms with Gasteiger partial charge in [-0.25, -0.2) is 0 Å².